The van der Waals surface area contributed by atoms with E-state index >= 15 is 0 Å². The third kappa shape index (κ3) is 6.80. The smallest absolute Gasteiger partial charge is 0.119 e. The van der Waals surface area contributed by atoms with Crippen molar-refractivity contribution >= 4 is 16.5 Å². The standard InChI is InChI=1S/C33H36N2O3/c36-35-33(22-26-11-12-27-9-4-5-10-29(27)21-26)32-23-34-18-17-31(32)28-13-15-30(16-14-28)38-20-6-19-37-24-25-7-2-1-3-8-25/h1-5,7-16,21,31-32,34,36H,6,17-20,22-24H2. The second-order valence-corrected chi connectivity index (χ2v) is 9.96. The van der Waals surface area contributed by atoms with Crippen molar-refractivity contribution in [3.63, 3.8) is 0 Å². The number of nitrogens with one attached hydrogen (secondary N) is 1. The van der Waals surface area contributed by atoms with Crippen molar-refractivity contribution in [2.75, 3.05) is 26.3 Å². The van der Waals surface area contributed by atoms with E-state index < -0.39 is 0 Å². The molecule has 2 atom stereocenters. The molecule has 1 saturated heterocycles. The summed E-state index contributed by atoms with van der Waals surface area (Å²) in [7, 11) is 0. The maximum absolute atomic E-state index is 10.0. The number of hydrogen-bond acceptors (Lipinski definition) is 5. The van der Waals surface area contributed by atoms with Crippen LogP contribution in [0.25, 0.3) is 10.8 Å². The zero-order valence-electron chi connectivity index (χ0n) is 21.8. The molecule has 0 aromatic heterocycles. The summed E-state index contributed by atoms with van der Waals surface area (Å²) in [5, 5.41) is 19.8. The molecule has 4 aromatic rings. The zero-order valence-corrected chi connectivity index (χ0v) is 21.8. The number of nitrogens with zero attached hydrogens (tertiary/aromatic N) is 1. The highest BCUT2D eigenvalue weighted by Gasteiger charge is 2.31. The minimum absolute atomic E-state index is 0.133. The van der Waals surface area contributed by atoms with Crippen molar-refractivity contribution in [2.24, 2.45) is 11.1 Å². The van der Waals surface area contributed by atoms with Gasteiger partial charge < -0.3 is 20.0 Å². The van der Waals surface area contributed by atoms with E-state index in [0.717, 1.165) is 43.0 Å². The number of ether oxygens (including phenoxy) is 2. The van der Waals surface area contributed by atoms with Gasteiger partial charge in [-0.2, -0.15) is 0 Å². The Kier molecular flexibility index (Phi) is 9.03. The summed E-state index contributed by atoms with van der Waals surface area (Å²) in [4.78, 5) is 0. The van der Waals surface area contributed by atoms with Gasteiger partial charge in [-0.15, -0.1) is 0 Å². The molecule has 0 amide bonds. The summed E-state index contributed by atoms with van der Waals surface area (Å²) < 4.78 is 11.7. The average Bonchev–Trinajstić information content (AvgIpc) is 2.98. The van der Waals surface area contributed by atoms with E-state index in [2.05, 4.69) is 89.3 Å². The Bertz CT molecular complexity index is 1320. The van der Waals surface area contributed by atoms with Crippen LogP contribution < -0.4 is 10.1 Å². The molecule has 196 valence electrons. The van der Waals surface area contributed by atoms with E-state index in [9.17, 15) is 5.21 Å². The first kappa shape index (κ1) is 26.0. The lowest BCUT2D eigenvalue weighted by molar-refractivity contribution is 0.107. The first-order chi connectivity index (χ1) is 18.8. The lowest BCUT2D eigenvalue weighted by Gasteiger charge is -2.33. The number of benzene rings is 4. The minimum atomic E-state index is 0.133. The van der Waals surface area contributed by atoms with Crippen LogP contribution in [0.5, 0.6) is 5.75 Å². The van der Waals surface area contributed by atoms with Crippen LogP contribution in [-0.2, 0) is 17.8 Å². The van der Waals surface area contributed by atoms with Gasteiger partial charge in [0.15, 0.2) is 0 Å². The second kappa shape index (κ2) is 13.2. The second-order valence-electron chi connectivity index (χ2n) is 9.96. The van der Waals surface area contributed by atoms with E-state index in [1.165, 1.54) is 21.9 Å². The molecule has 0 bridgehead atoms. The Morgan fingerprint density at radius 1 is 0.842 bits per heavy atom. The Labute approximate surface area is 225 Å². The van der Waals surface area contributed by atoms with Gasteiger partial charge in [0, 0.05) is 25.3 Å². The molecule has 0 spiro atoms. The molecule has 1 aliphatic heterocycles. The van der Waals surface area contributed by atoms with Gasteiger partial charge in [-0.1, -0.05) is 90.1 Å². The molecule has 1 heterocycles. The average molecular weight is 509 g/mol. The fourth-order valence-electron chi connectivity index (χ4n) is 5.33. The SMILES string of the molecule is ON=C(Cc1ccc2ccccc2c1)C1CNCCC1c1ccc(OCCCOCc2ccccc2)cc1. The Morgan fingerprint density at radius 3 is 2.45 bits per heavy atom. The van der Waals surface area contributed by atoms with E-state index in [1.54, 1.807) is 0 Å². The molecule has 4 aromatic carbocycles. The van der Waals surface area contributed by atoms with Gasteiger partial charge in [-0.25, -0.2) is 0 Å². The minimum Gasteiger partial charge on any atom is -0.494 e. The molecule has 2 unspecified atom stereocenters. The van der Waals surface area contributed by atoms with Crippen molar-refractivity contribution in [3.05, 3.63) is 114 Å². The molecular weight excluding hydrogens is 472 g/mol. The molecule has 38 heavy (non-hydrogen) atoms. The maximum atomic E-state index is 10.0. The molecule has 5 heteroatoms. The third-order valence-corrected chi connectivity index (χ3v) is 7.36. The van der Waals surface area contributed by atoms with Crippen LogP contribution >= 0.6 is 0 Å². The lowest BCUT2D eigenvalue weighted by Crippen LogP contribution is -2.40. The van der Waals surface area contributed by atoms with Gasteiger partial charge in [-0.3, -0.25) is 0 Å². The Hall–Kier alpha value is -3.67. The summed E-state index contributed by atoms with van der Waals surface area (Å²) >= 11 is 0. The van der Waals surface area contributed by atoms with Crippen LogP contribution in [0, 0.1) is 5.92 Å². The number of oxime groups is 1. The molecule has 1 aliphatic rings. The van der Waals surface area contributed by atoms with Crippen molar-refractivity contribution in [3.8, 4) is 5.75 Å². The zero-order chi connectivity index (χ0) is 26.0. The van der Waals surface area contributed by atoms with E-state index in [4.69, 9.17) is 9.47 Å². The van der Waals surface area contributed by atoms with Crippen molar-refractivity contribution in [1.29, 1.82) is 0 Å². The molecule has 5 nitrogen and oxygen atoms in total. The summed E-state index contributed by atoms with van der Waals surface area (Å²) in [5.74, 6) is 1.30. The first-order valence-electron chi connectivity index (χ1n) is 13.5. The summed E-state index contributed by atoms with van der Waals surface area (Å²) in [6.07, 6.45) is 2.48. The predicted octanol–water partition coefficient (Wildman–Crippen LogP) is 6.59. The highest BCUT2D eigenvalue weighted by atomic mass is 16.5. The van der Waals surface area contributed by atoms with Crippen LogP contribution in [0.15, 0.2) is 102 Å². The van der Waals surface area contributed by atoms with Gasteiger partial charge in [-0.05, 0) is 58.5 Å². The summed E-state index contributed by atoms with van der Waals surface area (Å²) in [6, 6.07) is 33.5. The monoisotopic (exact) mass is 508 g/mol. The molecule has 0 saturated carbocycles. The predicted molar refractivity (Wildman–Crippen MR) is 153 cm³/mol. The van der Waals surface area contributed by atoms with Gasteiger partial charge >= 0.3 is 0 Å². The highest BCUT2D eigenvalue weighted by molar-refractivity contribution is 5.91. The molecular formula is C33H36N2O3. The summed E-state index contributed by atoms with van der Waals surface area (Å²) in [5.41, 5.74) is 4.44. The summed E-state index contributed by atoms with van der Waals surface area (Å²) in [6.45, 7) is 3.68. The van der Waals surface area contributed by atoms with E-state index in [1.807, 2.05) is 18.2 Å². The van der Waals surface area contributed by atoms with Crippen molar-refractivity contribution in [1.82, 2.24) is 5.32 Å². The lowest BCUT2D eigenvalue weighted by atomic mass is 9.77. The first-order valence-corrected chi connectivity index (χ1v) is 13.5. The van der Waals surface area contributed by atoms with Crippen LogP contribution in [0.3, 0.4) is 0 Å². The van der Waals surface area contributed by atoms with Crippen LogP contribution in [-0.4, -0.2) is 37.2 Å². The van der Waals surface area contributed by atoms with E-state index in [-0.39, 0.29) is 5.92 Å². The fourth-order valence-corrected chi connectivity index (χ4v) is 5.33. The molecule has 0 radical (unpaired) electrons. The Morgan fingerprint density at radius 2 is 1.63 bits per heavy atom. The molecule has 1 fully saturated rings. The van der Waals surface area contributed by atoms with Crippen LogP contribution in [0.2, 0.25) is 0 Å². The Balaban J connectivity index is 1.15. The van der Waals surface area contributed by atoms with E-state index in [0.29, 0.717) is 32.2 Å². The van der Waals surface area contributed by atoms with Gasteiger partial charge in [0.05, 0.1) is 25.5 Å². The van der Waals surface area contributed by atoms with Gasteiger partial charge in [0.2, 0.25) is 0 Å². The molecule has 2 N–H and O–H groups in total. The molecule has 5 rings (SSSR count). The van der Waals surface area contributed by atoms with Crippen LogP contribution in [0.4, 0.5) is 0 Å². The number of hydrogen-bond donors (Lipinski definition) is 2. The number of fused-ring (bicyclic) bond motifs is 1. The fraction of sp³-hybridized carbons (Fsp3) is 0.303. The van der Waals surface area contributed by atoms with Crippen molar-refractivity contribution in [2.45, 2.75) is 31.8 Å². The normalized spacial score (nSPS) is 17.9. The van der Waals surface area contributed by atoms with Crippen molar-refractivity contribution < 1.29 is 14.7 Å². The number of rotatable bonds is 11. The molecule has 0 aliphatic carbocycles. The van der Waals surface area contributed by atoms with Crippen LogP contribution in [0.1, 0.15) is 35.4 Å². The number of piperidine rings is 1. The highest BCUT2D eigenvalue weighted by Crippen LogP contribution is 2.33. The van der Waals surface area contributed by atoms with Gasteiger partial charge in [0.1, 0.15) is 5.75 Å². The largest absolute Gasteiger partial charge is 0.494 e. The third-order valence-electron chi connectivity index (χ3n) is 7.36. The topological polar surface area (TPSA) is 63.1 Å². The quantitative estimate of drug-likeness (QED) is 0.104. The van der Waals surface area contributed by atoms with Gasteiger partial charge in [0.25, 0.3) is 0 Å². The maximum Gasteiger partial charge on any atom is 0.119 e.